The summed E-state index contributed by atoms with van der Waals surface area (Å²) in [6.45, 7) is 2.10. The van der Waals surface area contributed by atoms with E-state index in [2.05, 4.69) is 10.0 Å². The molecule has 2 aliphatic rings. The second kappa shape index (κ2) is 7.90. The molecule has 2 N–H and O–H groups in total. The highest BCUT2D eigenvalue weighted by Gasteiger charge is 2.39. The minimum atomic E-state index is -3.30. The van der Waals surface area contributed by atoms with E-state index in [1.54, 1.807) is 13.0 Å². The van der Waals surface area contributed by atoms with Crippen molar-refractivity contribution in [3.8, 4) is 11.1 Å². The van der Waals surface area contributed by atoms with Crippen LogP contribution in [-0.4, -0.2) is 43.3 Å². The minimum Gasteiger partial charge on any atom is -0.322 e. The monoisotopic (exact) mass is 441 g/mol. The van der Waals surface area contributed by atoms with Crippen LogP contribution in [0.3, 0.4) is 0 Å². The topological polar surface area (TPSA) is 113 Å². The first kappa shape index (κ1) is 21.2. The number of nitrogens with zero attached hydrogens (tertiary/aromatic N) is 1. The zero-order valence-corrected chi connectivity index (χ0v) is 18.0. The van der Waals surface area contributed by atoms with Crippen molar-refractivity contribution in [1.82, 2.24) is 14.9 Å². The second-order valence-corrected chi connectivity index (χ2v) is 9.79. The number of rotatable bonds is 5. The highest BCUT2D eigenvalue weighted by atomic mass is 32.2. The molecule has 162 valence electrons. The Kier molecular flexibility index (Phi) is 5.40. The van der Waals surface area contributed by atoms with Gasteiger partial charge in [0, 0.05) is 24.6 Å². The van der Waals surface area contributed by atoms with Gasteiger partial charge in [-0.1, -0.05) is 30.3 Å². The van der Waals surface area contributed by atoms with Gasteiger partial charge in [-0.05, 0) is 47.7 Å². The standard InChI is InChI=1S/C22H23N3O5S/c1-13(24-31(2,29)30)14-3-5-15(6-4-14)16-7-8-18-17(11-16)12-25(22(18)28)19-9-10-20(26)23-21(19)27/h3-8,11,13,19,24H,9-10,12H2,1-2H3,(H,23,26,27)/t13-,19?/m0/s1. The van der Waals surface area contributed by atoms with E-state index < -0.39 is 22.0 Å². The molecule has 1 saturated heterocycles. The Morgan fingerprint density at radius 2 is 1.74 bits per heavy atom. The molecule has 8 nitrogen and oxygen atoms in total. The predicted molar refractivity (Wildman–Crippen MR) is 114 cm³/mol. The van der Waals surface area contributed by atoms with Crippen LogP contribution in [0.25, 0.3) is 11.1 Å². The van der Waals surface area contributed by atoms with E-state index in [0.29, 0.717) is 18.5 Å². The highest BCUT2D eigenvalue weighted by molar-refractivity contribution is 7.88. The average Bonchev–Trinajstić information content (AvgIpc) is 3.02. The summed E-state index contributed by atoms with van der Waals surface area (Å²) < 4.78 is 25.4. The molecule has 0 spiro atoms. The number of fused-ring (bicyclic) bond motifs is 1. The van der Waals surface area contributed by atoms with E-state index in [1.807, 2.05) is 36.4 Å². The fourth-order valence-corrected chi connectivity index (χ4v) is 4.89. The summed E-state index contributed by atoms with van der Waals surface area (Å²) >= 11 is 0. The van der Waals surface area contributed by atoms with Gasteiger partial charge in [-0.25, -0.2) is 13.1 Å². The van der Waals surface area contributed by atoms with Gasteiger partial charge in [0.05, 0.1) is 6.26 Å². The minimum absolute atomic E-state index is 0.202. The maximum absolute atomic E-state index is 12.8. The van der Waals surface area contributed by atoms with Crippen molar-refractivity contribution in [2.24, 2.45) is 0 Å². The SMILES string of the molecule is C[C@H](NS(C)(=O)=O)c1ccc(-c2ccc3c(c2)CN(C2CCC(=O)NC2=O)C3=O)cc1. The average molecular weight is 442 g/mol. The third kappa shape index (κ3) is 4.38. The summed E-state index contributed by atoms with van der Waals surface area (Å²) in [4.78, 5) is 37.9. The van der Waals surface area contributed by atoms with Crippen LogP contribution < -0.4 is 10.0 Å². The van der Waals surface area contributed by atoms with Crippen molar-refractivity contribution in [3.63, 3.8) is 0 Å². The summed E-state index contributed by atoms with van der Waals surface area (Å²) in [6.07, 6.45) is 1.68. The Morgan fingerprint density at radius 1 is 1.06 bits per heavy atom. The summed E-state index contributed by atoms with van der Waals surface area (Å²) in [6, 6.07) is 12.1. The number of hydrogen-bond acceptors (Lipinski definition) is 5. The molecule has 2 aromatic rings. The third-order valence-corrected chi connectivity index (χ3v) is 6.44. The Hall–Kier alpha value is -3.04. The number of piperidine rings is 1. The van der Waals surface area contributed by atoms with Crippen LogP contribution in [-0.2, 0) is 26.2 Å². The number of carbonyl (C=O) groups is 3. The summed E-state index contributed by atoms with van der Waals surface area (Å²) in [5.41, 5.74) is 4.10. The van der Waals surface area contributed by atoms with Gasteiger partial charge >= 0.3 is 0 Å². The largest absolute Gasteiger partial charge is 0.322 e. The predicted octanol–water partition coefficient (Wildman–Crippen LogP) is 1.72. The van der Waals surface area contributed by atoms with E-state index in [4.69, 9.17) is 0 Å². The van der Waals surface area contributed by atoms with Crippen molar-refractivity contribution < 1.29 is 22.8 Å². The van der Waals surface area contributed by atoms with Crippen molar-refractivity contribution in [3.05, 3.63) is 59.2 Å². The van der Waals surface area contributed by atoms with Crippen LogP contribution in [0.5, 0.6) is 0 Å². The molecule has 31 heavy (non-hydrogen) atoms. The number of amides is 3. The molecule has 9 heteroatoms. The number of nitrogens with one attached hydrogen (secondary N) is 2. The maximum Gasteiger partial charge on any atom is 0.255 e. The smallest absolute Gasteiger partial charge is 0.255 e. The number of imide groups is 1. The lowest BCUT2D eigenvalue weighted by Gasteiger charge is -2.29. The quantitative estimate of drug-likeness (QED) is 0.686. The van der Waals surface area contributed by atoms with Gasteiger partial charge in [-0.15, -0.1) is 0 Å². The Balaban J connectivity index is 1.53. The molecule has 0 bridgehead atoms. The Bertz CT molecular complexity index is 1170. The molecule has 2 aliphatic heterocycles. The third-order valence-electron chi connectivity index (χ3n) is 5.66. The molecule has 2 aromatic carbocycles. The molecule has 0 saturated carbocycles. The van der Waals surface area contributed by atoms with Crippen molar-refractivity contribution in [1.29, 1.82) is 0 Å². The number of sulfonamides is 1. The van der Waals surface area contributed by atoms with Gasteiger partial charge in [0.15, 0.2) is 0 Å². The summed E-state index contributed by atoms with van der Waals surface area (Å²) in [7, 11) is -3.30. The van der Waals surface area contributed by atoms with Crippen LogP contribution in [0, 0.1) is 0 Å². The first-order valence-corrected chi connectivity index (χ1v) is 11.9. The first-order chi connectivity index (χ1) is 14.6. The van der Waals surface area contributed by atoms with E-state index in [-0.39, 0.29) is 24.3 Å². The molecule has 1 unspecified atom stereocenters. The molecule has 0 radical (unpaired) electrons. The van der Waals surface area contributed by atoms with Crippen molar-refractivity contribution in [2.75, 3.05) is 6.26 Å². The van der Waals surface area contributed by atoms with Crippen LogP contribution >= 0.6 is 0 Å². The van der Waals surface area contributed by atoms with E-state index in [9.17, 15) is 22.8 Å². The summed E-state index contributed by atoms with van der Waals surface area (Å²) in [5.74, 6) is -0.936. The molecule has 4 rings (SSSR count). The van der Waals surface area contributed by atoms with Crippen LogP contribution in [0.15, 0.2) is 42.5 Å². The van der Waals surface area contributed by atoms with Gasteiger partial charge in [-0.2, -0.15) is 0 Å². The fourth-order valence-electron chi connectivity index (χ4n) is 4.11. The van der Waals surface area contributed by atoms with E-state index >= 15 is 0 Å². The van der Waals surface area contributed by atoms with Gasteiger partial charge in [0.2, 0.25) is 21.8 Å². The lowest BCUT2D eigenvalue weighted by atomic mass is 9.98. The zero-order valence-electron chi connectivity index (χ0n) is 17.2. The van der Waals surface area contributed by atoms with Gasteiger partial charge < -0.3 is 4.90 Å². The van der Waals surface area contributed by atoms with Crippen molar-refractivity contribution in [2.45, 2.75) is 38.4 Å². The zero-order chi connectivity index (χ0) is 22.3. The normalized spacial score (nSPS) is 19.9. The molecule has 1 fully saturated rings. The first-order valence-electron chi connectivity index (χ1n) is 9.97. The van der Waals surface area contributed by atoms with Crippen LogP contribution in [0.1, 0.15) is 47.3 Å². The number of carbonyl (C=O) groups excluding carboxylic acids is 3. The molecule has 2 heterocycles. The molecule has 2 atom stereocenters. The Morgan fingerprint density at radius 3 is 2.39 bits per heavy atom. The van der Waals surface area contributed by atoms with Crippen LogP contribution in [0.2, 0.25) is 0 Å². The van der Waals surface area contributed by atoms with Gasteiger partial charge in [0.1, 0.15) is 6.04 Å². The number of benzene rings is 2. The molecule has 0 aromatic heterocycles. The van der Waals surface area contributed by atoms with Gasteiger partial charge in [0.25, 0.3) is 5.91 Å². The van der Waals surface area contributed by atoms with Crippen LogP contribution in [0.4, 0.5) is 0 Å². The Labute approximate surface area is 180 Å². The van der Waals surface area contributed by atoms with Gasteiger partial charge in [-0.3, -0.25) is 19.7 Å². The molecule has 0 aliphatic carbocycles. The molecule has 3 amide bonds. The molecular weight excluding hydrogens is 418 g/mol. The lowest BCUT2D eigenvalue weighted by molar-refractivity contribution is -0.136. The van der Waals surface area contributed by atoms with E-state index in [1.165, 1.54) is 4.90 Å². The maximum atomic E-state index is 12.8. The molecular formula is C22H23N3O5S. The lowest BCUT2D eigenvalue weighted by Crippen LogP contribution is -2.52. The second-order valence-electron chi connectivity index (χ2n) is 8.01. The van der Waals surface area contributed by atoms with Crippen molar-refractivity contribution >= 4 is 27.7 Å². The fraction of sp³-hybridized carbons (Fsp3) is 0.318. The highest BCUT2D eigenvalue weighted by Crippen LogP contribution is 2.31. The number of hydrogen-bond donors (Lipinski definition) is 2. The summed E-state index contributed by atoms with van der Waals surface area (Å²) in [5, 5.41) is 2.30. The van der Waals surface area contributed by atoms with E-state index in [0.717, 1.165) is 28.5 Å².